The molecule has 1 aliphatic rings. The van der Waals surface area contributed by atoms with Gasteiger partial charge in [0.1, 0.15) is 11.5 Å². The van der Waals surface area contributed by atoms with Gasteiger partial charge in [0.2, 0.25) is 0 Å². The second-order valence-electron chi connectivity index (χ2n) is 19.9. The van der Waals surface area contributed by atoms with Gasteiger partial charge >= 0.3 is 0 Å². The fourth-order valence-electron chi connectivity index (χ4n) is 10.2. The predicted molar refractivity (Wildman–Crippen MR) is 303 cm³/mol. The lowest BCUT2D eigenvalue weighted by molar-refractivity contribution is 0.0650. The van der Waals surface area contributed by atoms with Crippen molar-refractivity contribution in [2.24, 2.45) is 0 Å². The number of ether oxygens (including phenoxy) is 2. The number of rotatable bonds is 19. The van der Waals surface area contributed by atoms with Gasteiger partial charge in [-0.15, -0.1) is 0 Å². The molecule has 2 atom stereocenters. The zero-order valence-corrected chi connectivity index (χ0v) is 47.1. The van der Waals surface area contributed by atoms with E-state index in [2.05, 4.69) is 9.97 Å². The Bertz CT molecular complexity index is 4010. The van der Waals surface area contributed by atoms with Gasteiger partial charge in [-0.1, -0.05) is 47.5 Å². The van der Waals surface area contributed by atoms with Crippen molar-refractivity contribution in [2.45, 2.75) is 64.5 Å². The van der Waals surface area contributed by atoms with Crippen LogP contribution in [0.2, 0.25) is 10.0 Å². The molecule has 2 unspecified atom stereocenters. The van der Waals surface area contributed by atoms with Crippen LogP contribution in [0, 0.1) is 48.8 Å². The number of aryl methyl sites for hydroxylation is 2. The quantitative estimate of drug-likeness (QED) is 0.0473. The molecule has 10 rings (SSSR count). The van der Waals surface area contributed by atoms with Crippen molar-refractivity contribution in [3.63, 3.8) is 0 Å². The second kappa shape index (κ2) is 25.8. The summed E-state index contributed by atoms with van der Waals surface area (Å²) >= 11 is 12.9. The number of methoxy groups -OCH3 is 2. The highest BCUT2D eigenvalue weighted by atomic mass is 35.5. The number of hydrogen-bond acceptors (Lipinski definition) is 9. The highest BCUT2D eigenvalue weighted by Gasteiger charge is 2.35. The number of nitrogens with zero attached hydrogens (tertiary/aromatic N) is 7. The number of aliphatic hydroxyl groups excluding tert-OH is 1. The molecule has 9 aromatic rings. The first-order valence-corrected chi connectivity index (χ1v) is 27.0. The van der Waals surface area contributed by atoms with Crippen LogP contribution >= 0.6 is 23.2 Å². The van der Waals surface area contributed by atoms with Gasteiger partial charge in [-0.2, -0.15) is 0 Å². The molecule has 14 nitrogen and oxygen atoms in total. The Hall–Kier alpha value is -8.72. The molecule has 0 fully saturated rings. The number of pyridine rings is 2. The summed E-state index contributed by atoms with van der Waals surface area (Å²) in [5.74, 6) is -8.56. The number of imide groups is 1. The van der Waals surface area contributed by atoms with Crippen LogP contribution in [0.5, 0.6) is 11.5 Å². The van der Waals surface area contributed by atoms with Crippen LogP contribution in [-0.2, 0) is 12.8 Å². The molecule has 434 valence electrons. The lowest BCUT2D eigenvalue weighted by Crippen LogP contribution is -2.32. The Balaban J connectivity index is 0.000000208. The third-order valence-electron chi connectivity index (χ3n) is 14.3. The van der Waals surface area contributed by atoms with Gasteiger partial charge in [0, 0.05) is 61.9 Å². The van der Waals surface area contributed by atoms with Gasteiger partial charge in [-0.3, -0.25) is 24.1 Å². The summed E-state index contributed by atoms with van der Waals surface area (Å²) in [4.78, 5) is 62.9. The lowest BCUT2D eigenvalue weighted by Gasteiger charge is -2.23. The number of fused-ring (bicyclic) bond motifs is 1. The molecule has 4 aromatic heterocycles. The highest BCUT2D eigenvalue weighted by Crippen LogP contribution is 2.33. The zero-order chi connectivity index (χ0) is 60.1. The first-order valence-electron chi connectivity index (χ1n) is 26.3. The van der Waals surface area contributed by atoms with Crippen LogP contribution in [0.25, 0.3) is 11.4 Å². The standard InChI is InChI=1S/C35H28ClF3N4O4.C27H25ClF3N3O3/c1-20-17-41(19-40-20)30-10-9-21(13-31(30)47-2)12-23-14-24(36)18-43(33(23)44)29(22-15-27(37)32(39)28(38)16-22)8-5-11-42-34(45)25-6-3-4-7-26(25)35(42)46;1-16-13-33(15-32-16)24-6-5-17(9-25(24)37-2)8-19-10-20(28)14-34(27(19)36)23(4-3-7-35)18-11-21(29)26(31)22(30)12-18/h3-4,6-7,9-10,13-19,29H,5,8,11-12H2,1-2H3;5-6,9-15,23,35H,3-4,7-8H2,1-2H3. The predicted octanol–water partition coefficient (Wildman–Crippen LogP) is 12.1. The number of hydrogen-bond donors (Lipinski definition) is 1. The molecule has 0 aliphatic carbocycles. The van der Waals surface area contributed by atoms with Crippen molar-refractivity contribution in [2.75, 3.05) is 27.4 Å². The van der Waals surface area contributed by atoms with Crippen molar-refractivity contribution in [3.05, 3.63) is 256 Å². The largest absolute Gasteiger partial charge is 0.495 e. The molecular formula is C62H53Cl2F6N7O7. The minimum Gasteiger partial charge on any atom is -0.495 e. The maximum Gasteiger partial charge on any atom is 0.261 e. The first-order chi connectivity index (χ1) is 40.3. The summed E-state index contributed by atoms with van der Waals surface area (Å²) in [7, 11) is 3.08. The average molecular weight is 1190 g/mol. The number of benzene rings is 5. The van der Waals surface area contributed by atoms with Crippen LogP contribution < -0.4 is 20.6 Å². The highest BCUT2D eigenvalue weighted by molar-refractivity contribution is 6.30. The number of halogens is 8. The number of aromatic nitrogens is 6. The smallest absolute Gasteiger partial charge is 0.261 e. The van der Waals surface area contributed by atoms with Crippen LogP contribution in [0.15, 0.2) is 144 Å². The summed E-state index contributed by atoms with van der Waals surface area (Å²) in [5, 5.41) is 9.78. The summed E-state index contributed by atoms with van der Waals surface area (Å²) in [6.45, 7) is 3.53. The fraction of sp³-hybridized carbons (Fsp3) is 0.226. The molecule has 1 N–H and O–H groups in total. The van der Waals surface area contributed by atoms with E-state index in [1.165, 1.54) is 40.8 Å². The first kappa shape index (κ1) is 59.9. The number of carbonyl (C=O) groups excluding carboxylic acids is 2. The van der Waals surface area contributed by atoms with Gasteiger partial charge < -0.3 is 32.8 Å². The van der Waals surface area contributed by atoms with Gasteiger partial charge in [-0.05, 0) is 135 Å². The number of amides is 2. The maximum absolute atomic E-state index is 14.5. The van der Waals surface area contributed by atoms with Crippen molar-refractivity contribution in [1.82, 2.24) is 33.1 Å². The Labute approximate surface area is 487 Å². The summed E-state index contributed by atoms with van der Waals surface area (Å²) in [6.07, 6.45) is 10.8. The molecule has 2 amide bonds. The third-order valence-corrected chi connectivity index (χ3v) is 14.7. The number of imidazole rings is 2. The van der Waals surface area contributed by atoms with E-state index in [0.717, 1.165) is 63.1 Å². The van der Waals surface area contributed by atoms with E-state index in [-0.39, 0.29) is 84.0 Å². The molecule has 0 saturated carbocycles. The molecule has 0 saturated heterocycles. The molecule has 1 aliphatic heterocycles. The monoisotopic (exact) mass is 1190 g/mol. The molecular weight excluding hydrogens is 1140 g/mol. The minimum atomic E-state index is -1.64. The Kier molecular flexibility index (Phi) is 18.4. The van der Waals surface area contributed by atoms with Gasteiger partial charge in [-0.25, -0.2) is 36.3 Å². The van der Waals surface area contributed by atoms with Crippen LogP contribution in [0.4, 0.5) is 26.3 Å². The van der Waals surface area contributed by atoms with Gasteiger partial charge in [0.15, 0.2) is 34.9 Å². The maximum atomic E-state index is 14.5. The van der Waals surface area contributed by atoms with E-state index in [9.17, 15) is 50.6 Å². The molecule has 84 heavy (non-hydrogen) atoms. The topological polar surface area (TPSA) is 156 Å². The Morgan fingerprint density at radius 1 is 0.548 bits per heavy atom. The van der Waals surface area contributed by atoms with Crippen LogP contribution in [0.3, 0.4) is 0 Å². The SMILES string of the molecule is COc1cc(Cc2cc(Cl)cn(C(CCCN3C(=O)c4ccccc4C3=O)c3cc(F)c(F)c(F)c3)c2=O)ccc1-n1cnc(C)c1.COc1cc(Cc2cc(Cl)cn(C(CCCO)c3cc(F)c(F)c(F)c3)c2=O)ccc1-n1cnc(C)c1. The molecule has 0 spiro atoms. The number of aliphatic hydroxyl groups is 1. The van der Waals surface area contributed by atoms with Crippen molar-refractivity contribution in [3.8, 4) is 22.9 Å². The van der Waals surface area contributed by atoms with Crippen molar-refractivity contribution in [1.29, 1.82) is 0 Å². The van der Waals surface area contributed by atoms with E-state index in [1.54, 1.807) is 50.1 Å². The fourth-order valence-corrected chi connectivity index (χ4v) is 10.7. The lowest BCUT2D eigenvalue weighted by atomic mass is 9.99. The van der Waals surface area contributed by atoms with Crippen molar-refractivity contribution >= 4 is 35.0 Å². The number of carbonyl (C=O) groups is 2. The van der Waals surface area contributed by atoms with Gasteiger partial charge in [0.05, 0.1) is 82.9 Å². The minimum absolute atomic E-state index is 0.0132. The van der Waals surface area contributed by atoms with E-state index in [1.807, 2.05) is 65.7 Å². The van der Waals surface area contributed by atoms with E-state index in [0.29, 0.717) is 22.6 Å². The Morgan fingerprint density at radius 2 is 0.952 bits per heavy atom. The summed E-state index contributed by atoms with van der Waals surface area (Å²) in [5.41, 5.74) is 5.05. The second-order valence-corrected chi connectivity index (χ2v) is 20.8. The molecule has 5 heterocycles. The van der Waals surface area contributed by atoms with Gasteiger partial charge in [0.25, 0.3) is 22.9 Å². The van der Waals surface area contributed by atoms with E-state index in [4.69, 9.17) is 32.7 Å². The van der Waals surface area contributed by atoms with Crippen LogP contribution in [0.1, 0.15) is 103 Å². The van der Waals surface area contributed by atoms with E-state index < -0.39 is 69.9 Å². The summed E-state index contributed by atoms with van der Waals surface area (Å²) < 4.78 is 102. The normalized spacial score (nSPS) is 12.8. The zero-order valence-electron chi connectivity index (χ0n) is 45.6. The third kappa shape index (κ3) is 12.9. The average Bonchev–Trinajstić information content (AvgIpc) is 3.82. The molecule has 0 bridgehead atoms. The molecule has 0 radical (unpaired) electrons. The van der Waals surface area contributed by atoms with E-state index >= 15 is 0 Å². The summed E-state index contributed by atoms with van der Waals surface area (Å²) in [6, 6.07) is 22.0. The molecule has 5 aromatic carbocycles. The van der Waals surface area contributed by atoms with Crippen LogP contribution in [-0.4, -0.2) is 77.4 Å². The Morgan fingerprint density at radius 3 is 1.32 bits per heavy atom. The van der Waals surface area contributed by atoms with Crippen molar-refractivity contribution < 1.29 is 50.5 Å². The molecule has 22 heteroatoms.